The first-order valence-corrected chi connectivity index (χ1v) is 10.9. The van der Waals surface area contributed by atoms with Crippen molar-refractivity contribution in [1.29, 1.82) is 0 Å². The molecule has 0 spiro atoms. The van der Waals surface area contributed by atoms with Crippen LogP contribution in [0.4, 0.5) is 0 Å². The summed E-state index contributed by atoms with van der Waals surface area (Å²) >= 11 is 0. The molecule has 162 valence electrons. The fourth-order valence-corrected chi connectivity index (χ4v) is 4.38. The van der Waals surface area contributed by atoms with Gasteiger partial charge in [0.1, 0.15) is 0 Å². The second-order valence-electron chi connectivity index (χ2n) is 8.05. The minimum Gasteiger partial charge on any atom is -0.342 e. The molecule has 2 saturated heterocycles. The summed E-state index contributed by atoms with van der Waals surface area (Å²) in [5, 5.41) is 3.44. The lowest BCUT2D eigenvalue weighted by Gasteiger charge is -2.38. The van der Waals surface area contributed by atoms with Crippen LogP contribution in [0.3, 0.4) is 0 Å². The van der Waals surface area contributed by atoms with Crippen LogP contribution < -0.4 is 5.32 Å². The Kier molecular flexibility index (Phi) is 9.88. The van der Waals surface area contributed by atoms with Gasteiger partial charge in [-0.3, -0.25) is 14.6 Å². The molecule has 2 aliphatic heterocycles. The Morgan fingerprint density at radius 1 is 1.21 bits per heavy atom. The molecular formula is C22H35ClN4O2. The average Bonchev–Trinajstić information content (AvgIpc) is 3.02. The van der Waals surface area contributed by atoms with Crippen LogP contribution >= 0.6 is 12.4 Å². The highest BCUT2D eigenvalue weighted by molar-refractivity contribution is 5.85. The van der Waals surface area contributed by atoms with Gasteiger partial charge in [0, 0.05) is 31.7 Å². The summed E-state index contributed by atoms with van der Waals surface area (Å²) in [4.78, 5) is 34.4. The van der Waals surface area contributed by atoms with Crippen LogP contribution in [0.1, 0.15) is 57.6 Å². The van der Waals surface area contributed by atoms with E-state index in [2.05, 4.69) is 15.2 Å². The number of nitrogens with one attached hydrogen (secondary N) is 1. The van der Waals surface area contributed by atoms with E-state index in [1.807, 2.05) is 30.0 Å². The quantitative estimate of drug-likeness (QED) is 0.765. The van der Waals surface area contributed by atoms with Crippen molar-refractivity contribution in [2.45, 2.75) is 64.5 Å². The minimum atomic E-state index is -0.0884. The van der Waals surface area contributed by atoms with E-state index in [1.54, 1.807) is 6.20 Å². The van der Waals surface area contributed by atoms with Crippen molar-refractivity contribution >= 4 is 24.2 Å². The Morgan fingerprint density at radius 3 is 2.83 bits per heavy atom. The van der Waals surface area contributed by atoms with Gasteiger partial charge in [-0.1, -0.05) is 13.0 Å². The van der Waals surface area contributed by atoms with Gasteiger partial charge in [-0.2, -0.15) is 0 Å². The molecule has 0 aliphatic carbocycles. The number of aromatic nitrogens is 1. The second kappa shape index (κ2) is 12.1. The predicted octanol–water partition coefficient (Wildman–Crippen LogP) is 3.01. The SMILES string of the molecule is CCCC(=O)N1CCCC(C(=O)N(Cc2ccccn2)C2CCCNCC2)C1.Cl. The molecule has 0 saturated carbocycles. The third-order valence-corrected chi connectivity index (χ3v) is 5.91. The lowest BCUT2D eigenvalue weighted by molar-refractivity contribution is -0.143. The van der Waals surface area contributed by atoms with Crippen molar-refractivity contribution in [3.8, 4) is 0 Å². The third-order valence-electron chi connectivity index (χ3n) is 5.91. The third kappa shape index (κ3) is 6.68. The predicted molar refractivity (Wildman–Crippen MR) is 117 cm³/mol. The largest absolute Gasteiger partial charge is 0.342 e. The summed E-state index contributed by atoms with van der Waals surface area (Å²) in [5.74, 6) is 0.302. The van der Waals surface area contributed by atoms with Crippen LogP contribution in [0.15, 0.2) is 24.4 Å². The number of halogens is 1. The Balaban J connectivity index is 0.00000300. The number of carbonyl (C=O) groups is 2. The van der Waals surface area contributed by atoms with E-state index >= 15 is 0 Å². The van der Waals surface area contributed by atoms with Gasteiger partial charge in [0.05, 0.1) is 18.2 Å². The topological polar surface area (TPSA) is 65.5 Å². The first kappa shape index (κ1) is 23.6. The molecule has 3 rings (SSSR count). The van der Waals surface area contributed by atoms with Crippen LogP contribution in [0.25, 0.3) is 0 Å². The number of nitrogens with zero attached hydrogens (tertiary/aromatic N) is 3. The number of piperidine rings is 1. The number of likely N-dealkylation sites (tertiary alicyclic amines) is 1. The smallest absolute Gasteiger partial charge is 0.228 e. The highest BCUT2D eigenvalue weighted by Gasteiger charge is 2.34. The van der Waals surface area contributed by atoms with Gasteiger partial charge < -0.3 is 15.1 Å². The zero-order valence-corrected chi connectivity index (χ0v) is 18.3. The van der Waals surface area contributed by atoms with Gasteiger partial charge >= 0.3 is 0 Å². The summed E-state index contributed by atoms with van der Waals surface area (Å²) in [5.41, 5.74) is 0.933. The Labute approximate surface area is 180 Å². The monoisotopic (exact) mass is 422 g/mol. The van der Waals surface area contributed by atoms with E-state index in [9.17, 15) is 9.59 Å². The van der Waals surface area contributed by atoms with E-state index in [0.29, 0.717) is 19.5 Å². The minimum absolute atomic E-state index is 0. The van der Waals surface area contributed by atoms with Gasteiger partial charge in [0.25, 0.3) is 0 Å². The van der Waals surface area contributed by atoms with Crippen molar-refractivity contribution in [2.24, 2.45) is 5.92 Å². The van der Waals surface area contributed by atoms with Crippen LogP contribution in [-0.4, -0.2) is 58.8 Å². The zero-order chi connectivity index (χ0) is 19.8. The standard InChI is InChI=1S/C22H34N4O2.ClH/c1-2-7-21(27)25-15-6-8-18(16-25)22(28)26(17-19-9-3-4-13-24-19)20-10-5-12-23-14-11-20;/h3-4,9,13,18,20,23H,2,5-8,10-12,14-17H2,1H3;1H. The molecule has 2 amide bonds. The van der Waals surface area contributed by atoms with E-state index in [4.69, 9.17) is 0 Å². The maximum atomic E-state index is 13.6. The zero-order valence-electron chi connectivity index (χ0n) is 17.5. The van der Waals surface area contributed by atoms with Crippen LogP contribution in [-0.2, 0) is 16.1 Å². The molecule has 0 bridgehead atoms. The number of hydrogen-bond acceptors (Lipinski definition) is 4. The van der Waals surface area contributed by atoms with E-state index in [-0.39, 0.29) is 36.2 Å². The maximum Gasteiger partial charge on any atom is 0.228 e. The molecule has 3 heterocycles. The molecule has 2 aliphatic rings. The molecule has 2 unspecified atom stereocenters. The molecule has 1 N–H and O–H groups in total. The van der Waals surface area contributed by atoms with E-state index in [1.165, 1.54) is 0 Å². The fraction of sp³-hybridized carbons (Fsp3) is 0.682. The molecule has 2 atom stereocenters. The van der Waals surface area contributed by atoms with Crippen molar-refractivity contribution < 1.29 is 9.59 Å². The van der Waals surface area contributed by atoms with Gasteiger partial charge in [-0.05, 0) is 63.7 Å². The lowest BCUT2D eigenvalue weighted by Crippen LogP contribution is -2.49. The summed E-state index contributed by atoms with van der Waals surface area (Å²) in [6.07, 6.45) is 8.09. The van der Waals surface area contributed by atoms with Gasteiger partial charge in [0.2, 0.25) is 11.8 Å². The number of amides is 2. The van der Waals surface area contributed by atoms with Crippen molar-refractivity contribution in [2.75, 3.05) is 26.2 Å². The molecule has 0 radical (unpaired) electrons. The maximum absolute atomic E-state index is 13.6. The first-order chi connectivity index (χ1) is 13.7. The highest BCUT2D eigenvalue weighted by atomic mass is 35.5. The fourth-order valence-electron chi connectivity index (χ4n) is 4.38. The van der Waals surface area contributed by atoms with Gasteiger partial charge in [-0.15, -0.1) is 12.4 Å². The van der Waals surface area contributed by atoms with Gasteiger partial charge in [-0.25, -0.2) is 0 Å². The molecule has 29 heavy (non-hydrogen) atoms. The molecule has 2 fully saturated rings. The van der Waals surface area contributed by atoms with Crippen molar-refractivity contribution in [1.82, 2.24) is 20.1 Å². The molecular weight excluding hydrogens is 388 g/mol. The summed E-state index contributed by atoms with van der Waals surface area (Å²) < 4.78 is 0. The van der Waals surface area contributed by atoms with Gasteiger partial charge in [0.15, 0.2) is 0 Å². The number of carbonyl (C=O) groups excluding carboxylic acids is 2. The van der Waals surface area contributed by atoms with Crippen LogP contribution in [0.5, 0.6) is 0 Å². The van der Waals surface area contributed by atoms with Crippen molar-refractivity contribution in [3.05, 3.63) is 30.1 Å². The first-order valence-electron chi connectivity index (χ1n) is 10.9. The normalized spacial score (nSPS) is 22.3. The molecule has 7 heteroatoms. The summed E-state index contributed by atoms with van der Waals surface area (Å²) in [6, 6.07) is 6.12. The summed E-state index contributed by atoms with van der Waals surface area (Å²) in [6.45, 7) is 5.91. The Bertz CT molecular complexity index is 635. The Morgan fingerprint density at radius 2 is 2.07 bits per heavy atom. The Hall–Kier alpha value is -1.66. The molecule has 0 aromatic carbocycles. The number of pyridine rings is 1. The van der Waals surface area contributed by atoms with E-state index < -0.39 is 0 Å². The van der Waals surface area contributed by atoms with E-state index in [0.717, 1.165) is 63.9 Å². The molecule has 1 aromatic heterocycles. The average molecular weight is 423 g/mol. The molecule has 6 nitrogen and oxygen atoms in total. The van der Waals surface area contributed by atoms with Crippen LogP contribution in [0, 0.1) is 5.92 Å². The molecule has 1 aromatic rings. The number of rotatable bonds is 6. The summed E-state index contributed by atoms with van der Waals surface area (Å²) in [7, 11) is 0. The highest BCUT2D eigenvalue weighted by Crippen LogP contribution is 2.24. The van der Waals surface area contributed by atoms with Crippen molar-refractivity contribution in [3.63, 3.8) is 0 Å². The lowest BCUT2D eigenvalue weighted by atomic mass is 9.94. The van der Waals surface area contributed by atoms with Crippen LogP contribution in [0.2, 0.25) is 0 Å². The second-order valence-corrected chi connectivity index (χ2v) is 8.05. The number of hydrogen-bond donors (Lipinski definition) is 1.